The number of amides is 1. The molecule has 162 valence electrons. The number of carbonyl (C=O) groups is 1. The fraction of sp³-hybridized carbons (Fsp3) is 0.524. The Balaban J connectivity index is 1.88. The number of carbonyl (C=O) groups excluding carboxylic acids is 1. The Morgan fingerprint density at radius 1 is 1.30 bits per heavy atom. The van der Waals surface area contributed by atoms with Gasteiger partial charge < -0.3 is 14.3 Å². The van der Waals surface area contributed by atoms with E-state index in [-0.39, 0.29) is 18.2 Å². The molecule has 0 spiro atoms. The van der Waals surface area contributed by atoms with Crippen LogP contribution in [0.4, 0.5) is 0 Å². The van der Waals surface area contributed by atoms with Gasteiger partial charge >= 0.3 is 5.69 Å². The quantitative estimate of drug-likeness (QED) is 0.527. The van der Waals surface area contributed by atoms with Crippen LogP contribution in [0.2, 0.25) is 0 Å². The molecule has 0 aliphatic rings. The molecule has 9 heteroatoms. The third-order valence-electron chi connectivity index (χ3n) is 4.86. The van der Waals surface area contributed by atoms with Crippen molar-refractivity contribution in [2.24, 2.45) is 5.92 Å². The van der Waals surface area contributed by atoms with E-state index in [2.05, 4.69) is 15.3 Å². The Kier molecular flexibility index (Phi) is 6.91. The fourth-order valence-electron chi connectivity index (χ4n) is 3.41. The highest BCUT2D eigenvalue weighted by molar-refractivity contribution is 5.76. The highest BCUT2D eigenvalue weighted by Gasteiger charge is 2.19. The van der Waals surface area contributed by atoms with Gasteiger partial charge in [-0.05, 0) is 24.5 Å². The predicted molar refractivity (Wildman–Crippen MR) is 113 cm³/mol. The average Bonchev–Trinajstić information content (AvgIpc) is 3.32. The molecular weight excluding hydrogens is 386 g/mol. The number of aromatic amines is 1. The van der Waals surface area contributed by atoms with E-state index in [1.54, 1.807) is 18.4 Å². The van der Waals surface area contributed by atoms with Gasteiger partial charge in [0.2, 0.25) is 5.91 Å². The van der Waals surface area contributed by atoms with Crippen LogP contribution in [0.3, 0.4) is 0 Å². The molecule has 3 rings (SSSR count). The smallest absolute Gasteiger partial charge is 0.330 e. The summed E-state index contributed by atoms with van der Waals surface area (Å²) in [5.41, 5.74) is -0.100. The molecule has 0 aliphatic carbocycles. The predicted octanol–water partition coefficient (Wildman–Crippen LogP) is 2.18. The summed E-state index contributed by atoms with van der Waals surface area (Å²) in [6.45, 7) is 7.53. The summed E-state index contributed by atoms with van der Waals surface area (Å²) in [7, 11) is 0. The Morgan fingerprint density at radius 2 is 2.10 bits per heavy atom. The molecule has 0 radical (unpaired) electrons. The van der Waals surface area contributed by atoms with Crippen molar-refractivity contribution < 1.29 is 9.21 Å². The van der Waals surface area contributed by atoms with Crippen LogP contribution < -0.4 is 16.6 Å². The summed E-state index contributed by atoms with van der Waals surface area (Å²) in [5, 5.41) is 2.82. The van der Waals surface area contributed by atoms with Gasteiger partial charge in [0.1, 0.15) is 11.6 Å². The average molecular weight is 415 g/mol. The fourth-order valence-corrected chi connectivity index (χ4v) is 3.41. The van der Waals surface area contributed by atoms with E-state index in [1.165, 1.54) is 4.57 Å². The van der Waals surface area contributed by atoms with Crippen molar-refractivity contribution in [1.29, 1.82) is 0 Å². The molecule has 3 aromatic rings. The lowest BCUT2D eigenvalue weighted by Gasteiger charge is -2.11. The molecule has 1 amide bonds. The minimum Gasteiger partial charge on any atom is -0.467 e. The number of rotatable bonds is 10. The second-order valence-corrected chi connectivity index (χ2v) is 7.83. The number of nitrogens with one attached hydrogen (secondary N) is 2. The first-order valence-corrected chi connectivity index (χ1v) is 10.4. The number of hydrogen-bond acceptors (Lipinski definition) is 5. The van der Waals surface area contributed by atoms with E-state index in [9.17, 15) is 14.4 Å². The SMILES string of the molecule is CCCCn1c(=O)[nH]c(=O)c2c1nc(CCC(=O)NCc1ccco1)n2CC(C)C. The van der Waals surface area contributed by atoms with Crippen LogP contribution >= 0.6 is 0 Å². The number of imidazole rings is 1. The van der Waals surface area contributed by atoms with Gasteiger partial charge in [0.05, 0.1) is 12.8 Å². The monoisotopic (exact) mass is 415 g/mol. The van der Waals surface area contributed by atoms with E-state index < -0.39 is 11.2 Å². The van der Waals surface area contributed by atoms with Gasteiger partial charge in [-0.3, -0.25) is 19.1 Å². The van der Waals surface area contributed by atoms with Gasteiger partial charge in [0.25, 0.3) is 5.56 Å². The van der Waals surface area contributed by atoms with Gasteiger partial charge in [-0.25, -0.2) is 9.78 Å². The summed E-state index contributed by atoms with van der Waals surface area (Å²) < 4.78 is 8.59. The summed E-state index contributed by atoms with van der Waals surface area (Å²) in [6, 6.07) is 3.57. The number of H-pyrrole nitrogens is 1. The summed E-state index contributed by atoms with van der Waals surface area (Å²) in [6.07, 6.45) is 3.88. The molecule has 0 saturated carbocycles. The van der Waals surface area contributed by atoms with E-state index in [0.717, 1.165) is 12.8 Å². The maximum Gasteiger partial charge on any atom is 0.330 e. The minimum absolute atomic E-state index is 0.133. The number of nitrogens with zero attached hydrogens (tertiary/aromatic N) is 3. The Labute approximate surface area is 174 Å². The zero-order valence-electron chi connectivity index (χ0n) is 17.7. The molecule has 0 fully saturated rings. The van der Waals surface area contributed by atoms with Gasteiger partial charge in [-0.15, -0.1) is 0 Å². The lowest BCUT2D eigenvalue weighted by Crippen LogP contribution is -2.31. The van der Waals surface area contributed by atoms with Crippen LogP contribution in [0.5, 0.6) is 0 Å². The molecule has 30 heavy (non-hydrogen) atoms. The van der Waals surface area contributed by atoms with Gasteiger partial charge in [-0.2, -0.15) is 0 Å². The molecule has 0 aromatic carbocycles. The number of aromatic nitrogens is 4. The maximum absolute atomic E-state index is 12.6. The molecule has 0 unspecified atom stereocenters. The molecule has 0 saturated heterocycles. The normalized spacial score (nSPS) is 11.5. The van der Waals surface area contributed by atoms with Crippen molar-refractivity contribution in [2.75, 3.05) is 0 Å². The highest BCUT2D eigenvalue weighted by atomic mass is 16.3. The Morgan fingerprint density at radius 3 is 2.77 bits per heavy atom. The number of furan rings is 1. The van der Waals surface area contributed by atoms with Crippen molar-refractivity contribution in [3.8, 4) is 0 Å². The number of fused-ring (bicyclic) bond motifs is 1. The summed E-state index contributed by atoms with van der Waals surface area (Å²) >= 11 is 0. The van der Waals surface area contributed by atoms with Crippen LogP contribution in [-0.2, 0) is 30.8 Å². The highest BCUT2D eigenvalue weighted by Crippen LogP contribution is 2.16. The molecule has 9 nitrogen and oxygen atoms in total. The van der Waals surface area contributed by atoms with Crippen molar-refractivity contribution in [2.45, 2.75) is 66.1 Å². The number of unbranched alkanes of at least 4 members (excludes halogenated alkanes) is 1. The zero-order valence-corrected chi connectivity index (χ0v) is 17.7. The molecule has 0 bridgehead atoms. The van der Waals surface area contributed by atoms with Crippen LogP contribution in [0.25, 0.3) is 11.2 Å². The molecule has 3 heterocycles. The second kappa shape index (κ2) is 9.60. The Hall–Kier alpha value is -3.10. The van der Waals surface area contributed by atoms with Crippen molar-refractivity contribution >= 4 is 17.1 Å². The standard InChI is InChI=1S/C21H29N5O4/c1-4-5-10-25-19-18(20(28)24-21(25)29)26(13-14(2)3)16(23-19)8-9-17(27)22-12-15-7-6-11-30-15/h6-7,11,14H,4-5,8-10,12-13H2,1-3H3,(H,22,27)(H,24,28,29). The van der Waals surface area contributed by atoms with E-state index in [0.29, 0.717) is 48.8 Å². The van der Waals surface area contributed by atoms with Crippen LogP contribution in [0.1, 0.15) is 51.6 Å². The van der Waals surface area contributed by atoms with E-state index in [1.807, 2.05) is 25.3 Å². The number of aryl methyl sites for hydroxylation is 2. The lowest BCUT2D eigenvalue weighted by atomic mass is 10.2. The molecule has 2 N–H and O–H groups in total. The van der Waals surface area contributed by atoms with Gasteiger partial charge in [-0.1, -0.05) is 27.2 Å². The minimum atomic E-state index is -0.446. The first-order chi connectivity index (χ1) is 14.4. The molecular formula is C21H29N5O4. The first-order valence-electron chi connectivity index (χ1n) is 10.4. The summed E-state index contributed by atoms with van der Waals surface area (Å²) in [4.78, 5) is 44.3. The first kappa shape index (κ1) is 21.6. The third kappa shape index (κ3) is 4.90. The summed E-state index contributed by atoms with van der Waals surface area (Å²) in [5.74, 6) is 1.45. The zero-order chi connectivity index (χ0) is 21.7. The third-order valence-corrected chi connectivity index (χ3v) is 4.86. The van der Waals surface area contributed by atoms with Crippen molar-refractivity contribution in [3.05, 3.63) is 50.8 Å². The molecule has 3 aromatic heterocycles. The van der Waals surface area contributed by atoms with E-state index >= 15 is 0 Å². The van der Waals surface area contributed by atoms with E-state index in [4.69, 9.17) is 4.42 Å². The van der Waals surface area contributed by atoms with Crippen LogP contribution in [0, 0.1) is 5.92 Å². The maximum atomic E-state index is 12.6. The van der Waals surface area contributed by atoms with Gasteiger partial charge in [0, 0.05) is 25.9 Å². The van der Waals surface area contributed by atoms with Crippen LogP contribution in [-0.4, -0.2) is 25.0 Å². The lowest BCUT2D eigenvalue weighted by molar-refractivity contribution is -0.121. The Bertz CT molecular complexity index is 1110. The van der Waals surface area contributed by atoms with Crippen LogP contribution in [0.15, 0.2) is 32.4 Å². The number of hydrogen-bond donors (Lipinski definition) is 2. The molecule has 0 atom stereocenters. The van der Waals surface area contributed by atoms with Gasteiger partial charge in [0.15, 0.2) is 11.2 Å². The largest absolute Gasteiger partial charge is 0.467 e. The second-order valence-electron chi connectivity index (χ2n) is 7.83. The van der Waals surface area contributed by atoms with Crippen molar-refractivity contribution in [3.63, 3.8) is 0 Å². The topological polar surface area (TPSA) is 115 Å². The van der Waals surface area contributed by atoms with Crippen molar-refractivity contribution in [1.82, 2.24) is 24.4 Å². The molecule has 0 aliphatic heterocycles.